The third kappa shape index (κ3) is 3.99. The number of carbonyl (C=O) groups is 2. The van der Waals surface area contributed by atoms with Gasteiger partial charge in [-0.3, -0.25) is 9.59 Å². The number of ether oxygens (including phenoxy) is 1. The van der Waals surface area contributed by atoms with Gasteiger partial charge < -0.3 is 15.4 Å². The molecule has 5 heteroatoms. The van der Waals surface area contributed by atoms with Crippen LogP contribution in [0.4, 0.5) is 11.4 Å². The normalized spacial score (nSPS) is 15.9. The van der Waals surface area contributed by atoms with Crippen molar-refractivity contribution in [2.75, 3.05) is 10.6 Å². The van der Waals surface area contributed by atoms with Crippen molar-refractivity contribution in [1.29, 1.82) is 0 Å². The summed E-state index contributed by atoms with van der Waals surface area (Å²) in [7, 11) is 0. The van der Waals surface area contributed by atoms with E-state index in [9.17, 15) is 9.59 Å². The van der Waals surface area contributed by atoms with E-state index < -0.39 is 11.5 Å². The van der Waals surface area contributed by atoms with Crippen LogP contribution < -0.4 is 15.4 Å². The number of hydrogen-bond donors (Lipinski definition) is 2. The Bertz CT molecular complexity index is 784. The molecule has 130 valence electrons. The van der Waals surface area contributed by atoms with Crippen molar-refractivity contribution in [2.24, 2.45) is 5.41 Å². The number of carbonyl (C=O) groups excluding carboxylic acids is 2. The predicted octanol–water partition coefficient (Wildman–Crippen LogP) is 3.61. The molecule has 0 saturated carbocycles. The van der Waals surface area contributed by atoms with Gasteiger partial charge in [0.1, 0.15) is 5.75 Å². The van der Waals surface area contributed by atoms with Crippen molar-refractivity contribution in [3.8, 4) is 5.75 Å². The number of hydrogen-bond acceptors (Lipinski definition) is 3. The highest BCUT2D eigenvalue weighted by Gasteiger charge is 2.28. The summed E-state index contributed by atoms with van der Waals surface area (Å²) in [6.45, 7) is 5.55. The lowest BCUT2D eigenvalue weighted by molar-refractivity contribution is -0.123. The zero-order chi connectivity index (χ0) is 18.0. The van der Waals surface area contributed by atoms with E-state index in [0.29, 0.717) is 17.8 Å². The SMILES string of the molecule is CC(C)(C)C(=O)Nc1cccc(NC(=O)[C@H]2Cc3ccccc3O2)c1. The molecule has 0 fully saturated rings. The smallest absolute Gasteiger partial charge is 0.265 e. The highest BCUT2D eigenvalue weighted by atomic mass is 16.5. The van der Waals surface area contributed by atoms with Crippen molar-refractivity contribution in [3.05, 3.63) is 54.1 Å². The molecule has 0 aromatic heterocycles. The summed E-state index contributed by atoms with van der Waals surface area (Å²) in [6.07, 6.45) is 0.0212. The summed E-state index contributed by atoms with van der Waals surface area (Å²) in [6, 6.07) is 14.8. The first kappa shape index (κ1) is 17.0. The van der Waals surface area contributed by atoms with E-state index in [-0.39, 0.29) is 11.8 Å². The van der Waals surface area contributed by atoms with Crippen LogP contribution in [0.15, 0.2) is 48.5 Å². The number of fused-ring (bicyclic) bond motifs is 1. The number of benzene rings is 2. The highest BCUT2D eigenvalue weighted by Crippen LogP contribution is 2.29. The Morgan fingerprint density at radius 3 is 2.36 bits per heavy atom. The predicted molar refractivity (Wildman–Crippen MR) is 97.7 cm³/mol. The molecular weight excluding hydrogens is 316 g/mol. The Labute approximate surface area is 147 Å². The maximum Gasteiger partial charge on any atom is 0.265 e. The molecule has 5 nitrogen and oxygen atoms in total. The highest BCUT2D eigenvalue weighted by molar-refractivity contribution is 5.97. The summed E-state index contributed by atoms with van der Waals surface area (Å²) in [5.74, 6) is 0.481. The van der Waals surface area contributed by atoms with Crippen molar-refractivity contribution < 1.29 is 14.3 Å². The van der Waals surface area contributed by atoms with Crippen LogP contribution in [-0.4, -0.2) is 17.9 Å². The minimum atomic E-state index is -0.537. The minimum Gasteiger partial charge on any atom is -0.480 e. The first-order valence-corrected chi connectivity index (χ1v) is 8.30. The third-order valence-corrected chi connectivity index (χ3v) is 4.01. The Balaban J connectivity index is 1.65. The van der Waals surface area contributed by atoms with Gasteiger partial charge in [-0.25, -0.2) is 0 Å². The van der Waals surface area contributed by atoms with Gasteiger partial charge in [0, 0.05) is 23.2 Å². The lowest BCUT2D eigenvalue weighted by Gasteiger charge is -2.18. The van der Waals surface area contributed by atoms with E-state index in [4.69, 9.17) is 4.74 Å². The zero-order valence-corrected chi connectivity index (χ0v) is 14.6. The molecule has 0 spiro atoms. The molecule has 2 N–H and O–H groups in total. The monoisotopic (exact) mass is 338 g/mol. The van der Waals surface area contributed by atoms with Gasteiger partial charge in [0.25, 0.3) is 5.91 Å². The number of amides is 2. The van der Waals surface area contributed by atoms with E-state index in [1.54, 1.807) is 24.3 Å². The summed E-state index contributed by atoms with van der Waals surface area (Å²) in [5, 5.41) is 5.71. The van der Waals surface area contributed by atoms with Crippen LogP contribution in [0.5, 0.6) is 5.75 Å². The summed E-state index contributed by atoms with van der Waals surface area (Å²) < 4.78 is 5.70. The molecule has 0 saturated heterocycles. The van der Waals surface area contributed by atoms with Gasteiger partial charge in [0.05, 0.1) is 0 Å². The largest absolute Gasteiger partial charge is 0.480 e. The molecule has 1 aliphatic rings. The van der Waals surface area contributed by atoms with E-state index in [0.717, 1.165) is 11.3 Å². The van der Waals surface area contributed by atoms with Gasteiger partial charge in [0.2, 0.25) is 5.91 Å². The standard InChI is InChI=1S/C20H22N2O3/c1-20(2,3)19(24)22-15-9-6-8-14(12-15)21-18(23)17-11-13-7-4-5-10-16(13)25-17/h4-10,12,17H,11H2,1-3H3,(H,21,23)(H,22,24)/t17-/m1/s1. The second kappa shape index (κ2) is 6.59. The Morgan fingerprint density at radius 1 is 1.00 bits per heavy atom. The van der Waals surface area contributed by atoms with E-state index in [1.165, 1.54) is 0 Å². The number of nitrogens with one attached hydrogen (secondary N) is 2. The number of para-hydroxylation sites is 1. The Kier molecular flexibility index (Phi) is 4.49. The van der Waals surface area contributed by atoms with Crippen LogP contribution >= 0.6 is 0 Å². The molecule has 2 aromatic carbocycles. The fourth-order valence-electron chi connectivity index (χ4n) is 2.54. The van der Waals surface area contributed by atoms with Gasteiger partial charge in [-0.15, -0.1) is 0 Å². The van der Waals surface area contributed by atoms with E-state index >= 15 is 0 Å². The molecule has 0 bridgehead atoms. The van der Waals surface area contributed by atoms with E-state index in [1.807, 2.05) is 45.0 Å². The molecule has 0 unspecified atom stereocenters. The van der Waals surface area contributed by atoms with Crippen molar-refractivity contribution in [3.63, 3.8) is 0 Å². The third-order valence-electron chi connectivity index (χ3n) is 4.01. The summed E-state index contributed by atoms with van der Waals surface area (Å²) in [5.41, 5.74) is 1.82. The molecule has 1 aliphatic heterocycles. The molecule has 0 aliphatic carbocycles. The zero-order valence-electron chi connectivity index (χ0n) is 14.6. The molecule has 3 rings (SSSR count). The van der Waals surface area contributed by atoms with Crippen LogP contribution in [0, 0.1) is 5.41 Å². The fourth-order valence-corrected chi connectivity index (χ4v) is 2.54. The van der Waals surface area contributed by atoms with Crippen LogP contribution in [0.25, 0.3) is 0 Å². The van der Waals surface area contributed by atoms with Crippen LogP contribution in [0.2, 0.25) is 0 Å². The molecule has 2 amide bonds. The second-order valence-corrected chi connectivity index (χ2v) is 7.19. The lowest BCUT2D eigenvalue weighted by atomic mass is 9.95. The average Bonchev–Trinajstić information content (AvgIpc) is 2.98. The average molecular weight is 338 g/mol. The van der Waals surface area contributed by atoms with Gasteiger partial charge >= 0.3 is 0 Å². The molecule has 25 heavy (non-hydrogen) atoms. The maximum atomic E-state index is 12.5. The molecule has 2 aromatic rings. The number of anilines is 2. The van der Waals surface area contributed by atoms with Gasteiger partial charge in [0.15, 0.2) is 6.10 Å². The Hall–Kier alpha value is -2.82. The second-order valence-electron chi connectivity index (χ2n) is 7.19. The van der Waals surface area contributed by atoms with E-state index in [2.05, 4.69) is 10.6 Å². The van der Waals surface area contributed by atoms with Crippen molar-refractivity contribution in [2.45, 2.75) is 33.3 Å². The maximum absolute atomic E-state index is 12.5. The molecule has 1 heterocycles. The number of rotatable bonds is 3. The van der Waals surface area contributed by atoms with Gasteiger partial charge in [-0.1, -0.05) is 45.0 Å². The van der Waals surface area contributed by atoms with Gasteiger partial charge in [-0.05, 0) is 29.8 Å². The van der Waals surface area contributed by atoms with Crippen LogP contribution in [0.3, 0.4) is 0 Å². The summed E-state index contributed by atoms with van der Waals surface area (Å²) >= 11 is 0. The van der Waals surface area contributed by atoms with Crippen molar-refractivity contribution >= 4 is 23.2 Å². The Morgan fingerprint density at radius 2 is 1.68 bits per heavy atom. The van der Waals surface area contributed by atoms with Crippen LogP contribution in [0.1, 0.15) is 26.3 Å². The van der Waals surface area contributed by atoms with Crippen molar-refractivity contribution in [1.82, 2.24) is 0 Å². The first-order valence-electron chi connectivity index (χ1n) is 8.30. The van der Waals surface area contributed by atoms with Crippen LogP contribution in [-0.2, 0) is 16.0 Å². The quantitative estimate of drug-likeness (QED) is 0.898. The summed E-state index contributed by atoms with van der Waals surface area (Å²) in [4.78, 5) is 24.5. The van der Waals surface area contributed by atoms with Gasteiger partial charge in [-0.2, -0.15) is 0 Å². The first-order chi connectivity index (χ1) is 11.8. The topological polar surface area (TPSA) is 67.4 Å². The molecule has 0 radical (unpaired) electrons. The molecule has 1 atom stereocenters. The lowest BCUT2D eigenvalue weighted by Crippen LogP contribution is -2.31. The fraction of sp³-hybridized carbons (Fsp3) is 0.300. The minimum absolute atomic E-state index is 0.0782. The molecular formula is C20H22N2O3.